The molecule has 7 nitrogen and oxygen atoms in total. The molecule has 0 aliphatic heterocycles. The van der Waals surface area contributed by atoms with Gasteiger partial charge in [0, 0.05) is 31.4 Å². The number of benzene rings is 3. The molecule has 3 aromatic carbocycles. The summed E-state index contributed by atoms with van der Waals surface area (Å²) < 4.78 is 34.4. The topological polar surface area (TPSA) is 82.1 Å². The highest BCUT2D eigenvalue weighted by Gasteiger charge is 2.20. The van der Waals surface area contributed by atoms with Gasteiger partial charge in [-0.1, -0.05) is 60.7 Å². The third kappa shape index (κ3) is 12.9. The second-order valence-corrected chi connectivity index (χ2v) is 12.6. The Labute approximate surface area is 248 Å². The zero-order chi connectivity index (χ0) is 28.8. The van der Waals surface area contributed by atoms with Crippen LogP contribution in [0.4, 0.5) is 5.69 Å². The summed E-state index contributed by atoms with van der Waals surface area (Å²) in [6.45, 7) is 2.14. The molecule has 218 valence electrons. The number of hydrogen-bond donors (Lipinski definition) is 2. The van der Waals surface area contributed by atoms with Crippen LogP contribution in [0.3, 0.4) is 0 Å². The van der Waals surface area contributed by atoms with E-state index in [2.05, 4.69) is 29.0 Å². The number of anilines is 1. The molecule has 0 saturated carbocycles. The molecule has 0 heterocycles. The normalized spacial score (nSPS) is 13.3. The number of halogens is 2. The van der Waals surface area contributed by atoms with E-state index in [1.165, 1.54) is 11.1 Å². The molecule has 2 N–H and O–H groups in total. The lowest BCUT2D eigenvalue weighted by atomic mass is 10.1. The first-order valence-electron chi connectivity index (χ1n) is 13.5. The summed E-state index contributed by atoms with van der Waals surface area (Å²) in [5.41, 5.74) is 2.92. The standard InChI is InChI=1S/C30H39Cl2N3O4S/c1-40(37,38)33-27-15-17-30(18-16-27)39-24-29(36)14-8-13-28(35(32)22-20-26-11-6-3-7-12-26)23-34(31)21-19-25-9-4-2-5-10-25/h2-7,9-12,15-18,28-29,33,36H,8,13-14,19-24H2,1H3. The lowest BCUT2D eigenvalue weighted by Gasteiger charge is -2.29. The number of sulfonamides is 1. The van der Waals surface area contributed by atoms with Crippen LogP contribution >= 0.6 is 23.6 Å². The summed E-state index contributed by atoms with van der Waals surface area (Å²) in [7, 11) is -3.34. The first-order valence-corrected chi connectivity index (χ1v) is 16.0. The Kier molecular flexibility index (Phi) is 13.5. The minimum absolute atomic E-state index is 0.0154. The molecular weight excluding hydrogens is 569 g/mol. The summed E-state index contributed by atoms with van der Waals surface area (Å²) in [4.78, 5) is 0. The molecule has 0 amide bonds. The monoisotopic (exact) mass is 607 g/mol. The molecule has 3 rings (SSSR count). The Morgan fingerprint density at radius 3 is 2.00 bits per heavy atom. The van der Waals surface area contributed by atoms with E-state index in [0.29, 0.717) is 37.5 Å². The Balaban J connectivity index is 1.47. The van der Waals surface area contributed by atoms with E-state index in [-0.39, 0.29) is 12.6 Å². The van der Waals surface area contributed by atoms with Crippen LogP contribution in [0.15, 0.2) is 84.9 Å². The van der Waals surface area contributed by atoms with Crippen LogP contribution < -0.4 is 9.46 Å². The quantitative estimate of drug-likeness (QED) is 0.180. The number of nitrogens with zero attached hydrogens (tertiary/aromatic N) is 2. The molecule has 2 unspecified atom stereocenters. The maximum Gasteiger partial charge on any atom is 0.229 e. The fourth-order valence-electron chi connectivity index (χ4n) is 4.30. The van der Waals surface area contributed by atoms with E-state index >= 15 is 0 Å². The maximum absolute atomic E-state index is 11.3. The van der Waals surface area contributed by atoms with Crippen LogP contribution in [-0.4, -0.2) is 67.0 Å². The molecule has 0 saturated heterocycles. The maximum atomic E-state index is 11.3. The summed E-state index contributed by atoms with van der Waals surface area (Å²) in [5, 5.41) is 10.5. The Morgan fingerprint density at radius 2 is 1.43 bits per heavy atom. The molecule has 0 aliphatic rings. The van der Waals surface area contributed by atoms with Crippen molar-refractivity contribution in [3.8, 4) is 5.75 Å². The van der Waals surface area contributed by atoms with Gasteiger partial charge in [-0.2, -0.15) is 0 Å². The molecule has 10 heteroatoms. The highest BCUT2D eigenvalue weighted by Crippen LogP contribution is 2.19. The molecule has 0 bridgehead atoms. The third-order valence-electron chi connectivity index (χ3n) is 6.42. The van der Waals surface area contributed by atoms with E-state index in [1.54, 1.807) is 28.7 Å². The first-order chi connectivity index (χ1) is 19.2. The highest BCUT2D eigenvalue weighted by atomic mass is 35.5. The van der Waals surface area contributed by atoms with Gasteiger partial charge in [-0.15, -0.1) is 0 Å². The predicted molar refractivity (Wildman–Crippen MR) is 164 cm³/mol. The molecule has 0 aromatic heterocycles. The molecule has 2 atom stereocenters. The van der Waals surface area contributed by atoms with E-state index in [0.717, 1.165) is 31.9 Å². The fourth-order valence-corrected chi connectivity index (χ4v) is 5.35. The van der Waals surface area contributed by atoms with Gasteiger partial charge in [-0.25, -0.2) is 17.3 Å². The number of hydrogen-bond acceptors (Lipinski definition) is 6. The number of aliphatic hydroxyl groups excluding tert-OH is 1. The van der Waals surface area contributed by atoms with Crippen LogP contribution in [0.5, 0.6) is 5.75 Å². The van der Waals surface area contributed by atoms with Crippen molar-refractivity contribution in [3.63, 3.8) is 0 Å². The predicted octanol–water partition coefficient (Wildman–Crippen LogP) is 5.73. The van der Waals surface area contributed by atoms with Crippen LogP contribution in [0, 0.1) is 0 Å². The van der Waals surface area contributed by atoms with Crippen molar-refractivity contribution in [1.82, 2.24) is 8.84 Å². The van der Waals surface area contributed by atoms with Crippen molar-refractivity contribution in [3.05, 3.63) is 96.1 Å². The third-order valence-corrected chi connectivity index (χ3v) is 7.78. The van der Waals surface area contributed by atoms with Gasteiger partial charge < -0.3 is 9.84 Å². The van der Waals surface area contributed by atoms with Crippen molar-refractivity contribution in [2.75, 3.05) is 37.2 Å². The average Bonchev–Trinajstić information content (AvgIpc) is 2.94. The van der Waals surface area contributed by atoms with Crippen molar-refractivity contribution in [2.24, 2.45) is 0 Å². The van der Waals surface area contributed by atoms with Crippen LogP contribution in [0.25, 0.3) is 0 Å². The summed E-state index contributed by atoms with van der Waals surface area (Å²) in [6, 6.07) is 27.1. The fraction of sp³-hybridized carbons (Fsp3) is 0.400. The van der Waals surface area contributed by atoms with E-state index in [4.69, 9.17) is 28.3 Å². The summed E-state index contributed by atoms with van der Waals surface area (Å²) >= 11 is 13.4. The number of aliphatic hydroxyl groups is 1. The molecule has 0 fully saturated rings. The molecule has 0 aliphatic carbocycles. The Hall–Kier alpha value is -2.33. The smallest absolute Gasteiger partial charge is 0.229 e. The Morgan fingerprint density at radius 1 is 0.850 bits per heavy atom. The van der Waals surface area contributed by atoms with Crippen LogP contribution in [0.2, 0.25) is 0 Å². The largest absolute Gasteiger partial charge is 0.491 e. The van der Waals surface area contributed by atoms with Gasteiger partial charge in [0.05, 0.1) is 12.4 Å². The second-order valence-electron chi connectivity index (χ2n) is 9.91. The average molecular weight is 609 g/mol. The van der Waals surface area contributed by atoms with Gasteiger partial charge in [0.25, 0.3) is 0 Å². The molecule has 3 aromatic rings. The van der Waals surface area contributed by atoms with Crippen LogP contribution in [-0.2, 0) is 22.9 Å². The molecule has 40 heavy (non-hydrogen) atoms. The lowest BCUT2D eigenvalue weighted by molar-refractivity contribution is 0.0954. The zero-order valence-electron chi connectivity index (χ0n) is 22.8. The van der Waals surface area contributed by atoms with Crippen LogP contribution in [0.1, 0.15) is 30.4 Å². The van der Waals surface area contributed by atoms with E-state index in [9.17, 15) is 13.5 Å². The Bertz CT molecular complexity index is 1220. The van der Waals surface area contributed by atoms with Gasteiger partial charge in [0.15, 0.2) is 0 Å². The minimum atomic E-state index is -3.34. The van der Waals surface area contributed by atoms with Crippen molar-refractivity contribution in [2.45, 2.75) is 44.2 Å². The first kappa shape index (κ1) is 32.2. The number of nitrogens with one attached hydrogen (secondary N) is 1. The van der Waals surface area contributed by atoms with Gasteiger partial charge in [-0.3, -0.25) is 4.72 Å². The molecular formula is C30H39Cl2N3O4S. The molecule has 0 spiro atoms. The molecule has 0 radical (unpaired) electrons. The van der Waals surface area contributed by atoms with E-state index in [1.807, 2.05) is 40.8 Å². The van der Waals surface area contributed by atoms with Crippen molar-refractivity contribution >= 4 is 39.3 Å². The van der Waals surface area contributed by atoms with Gasteiger partial charge in [0.1, 0.15) is 12.4 Å². The highest BCUT2D eigenvalue weighted by molar-refractivity contribution is 7.92. The zero-order valence-corrected chi connectivity index (χ0v) is 25.2. The SMILES string of the molecule is CS(=O)(=O)Nc1ccc(OCC(O)CCCC(CN(Cl)CCc2ccccc2)N(Cl)CCc2ccccc2)cc1. The lowest BCUT2D eigenvalue weighted by Crippen LogP contribution is -2.38. The summed E-state index contributed by atoms with van der Waals surface area (Å²) in [6.07, 6.45) is 4.22. The van der Waals surface area contributed by atoms with Crippen molar-refractivity contribution in [1.29, 1.82) is 0 Å². The van der Waals surface area contributed by atoms with Gasteiger partial charge in [-0.05, 0) is 91.0 Å². The number of ether oxygens (including phenoxy) is 1. The van der Waals surface area contributed by atoms with Gasteiger partial charge >= 0.3 is 0 Å². The van der Waals surface area contributed by atoms with E-state index < -0.39 is 16.1 Å². The number of rotatable bonds is 18. The second kappa shape index (κ2) is 16.8. The summed E-state index contributed by atoms with van der Waals surface area (Å²) in [5.74, 6) is 0.556. The van der Waals surface area contributed by atoms with Crippen molar-refractivity contribution < 1.29 is 18.3 Å². The van der Waals surface area contributed by atoms with Gasteiger partial charge in [0.2, 0.25) is 10.0 Å². The minimum Gasteiger partial charge on any atom is -0.491 e.